The highest BCUT2D eigenvalue weighted by molar-refractivity contribution is 5.75. The number of rotatable bonds is 6. The molecule has 21 heavy (non-hydrogen) atoms. The maximum absolute atomic E-state index is 11.6. The van der Waals surface area contributed by atoms with E-state index in [0.29, 0.717) is 19.6 Å². The predicted octanol–water partition coefficient (Wildman–Crippen LogP) is 1.77. The number of methoxy groups -OCH3 is 1. The molecule has 1 aliphatic heterocycles. The molecule has 5 heteroatoms. The van der Waals surface area contributed by atoms with E-state index in [2.05, 4.69) is 11.0 Å². The summed E-state index contributed by atoms with van der Waals surface area (Å²) < 4.78 is 10.5. The van der Waals surface area contributed by atoms with Gasteiger partial charge in [-0.25, -0.2) is 0 Å². The highest BCUT2D eigenvalue weighted by Crippen LogP contribution is 2.18. The van der Waals surface area contributed by atoms with Gasteiger partial charge in [-0.1, -0.05) is 12.1 Å². The molecule has 0 radical (unpaired) electrons. The van der Waals surface area contributed by atoms with Gasteiger partial charge >= 0.3 is 5.97 Å². The summed E-state index contributed by atoms with van der Waals surface area (Å²) in [6, 6.07) is 9.51. The normalized spacial score (nSPS) is 18.2. The Bertz CT molecular complexity index is 507. The smallest absolute Gasteiger partial charge is 0.323 e. The molecule has 0 aliphatic carbocycles. The molecule has 0 saturated carbocycles. The van der Waals surface area contributed by atoms with Crippen LogP contribution in [0.2, 0.25) is 0 Å². The number of carbonyl (C=O) groups excluding carboxylic acids is 1. The summed E-state index contributed by atoms with van der Waals surface area (Å²) in [6.45, 7) is 2.15. The van der Waals surface area contributed by atoms with Gasteiger partial charge in [0.2, 0.25) is 0 Å². The van der Waals surface area contributed by atoms with Crippen molar-refractivity contribution in [1.82, 2.24) is 4.90 Å². The minimum Gasteiger partial charge on any atom is -0.492 e. The van der Waals surface area contributed by atoms with E-state index in [9.17, 15) is 4.79 Å². The van der Waals surface area contributed by atoms with Crippen molar-refractivity contribution >= 4 is 5.97 Å². The standard InChI is InChI=1S/C16H20N2O3/c1-20-16(19)15-3-2-10-18(15)11-12-21-14-6-4-13(5-7-14)8-9-17/h4-7,15H,2-3,8,10-12H2,1H3/t15-/m1/s1. The van der Waals surface area contributed by atoms with E-state index >= 15 is 0 Å². The number of benzene rings is 1. The molecule has 0 amide bonds. The first-order chi connectivity index (χ1) is 10.2. The Balaban J connectivity index is 1.78. The van der Waals surface area contributed by atoms with Gasteiger partial charge in [0.25, 0.3) is 0 Å². The first-order valence-electron chi connectivity index (χ1n) is 7.15. The van der Waals surface area contributed by atoms with Gasteiger partial charge < -0.3 is 9.47 Å². The molecule has 112 valence electrons. The van der Waals surface area contributed by atoms with Gasteiger partial charge in [-0.15, -0.1) is 0 Å². The minimum atomic E-state index is -0.159. The second-order valence-electron chi connectivity index (χ2n) is 5.04. The average molecular weight is 288 g/mol. The number of nitrogens with zero attached hydrogens (tertiary/aromatic N) is 2. The molecule has 0 bridgehead atoms. The summed E-state index contributed by atoms with van der Waals surface area (Å²) in [5.41, 5.74) is 0.982. The van der Waals surface area contributed by atoms with Crippen molar-refractivity contribution in [3.63, 3.8) is 0 Å². The van der Waals surface area contributed by atoms with Crippen molar-refractivity contribution in [2.24, 2.45) is 0 Å². The van der Waals surface area contributed by atoms with Crippen molar-refractivity contribution in [2.75, 3.05) is 26.8 Å². The van der Waals surface area contributed by atoms with Crippen LogP contribution in [0, 0.1) is 11.3 Å². The highest BCUT2D eigenvalue weighted by atomic mass is 16.5. The number of ether oxygens (including phenoxy) is 2. The molecule has 1 atom stereocenters. The zero-order valence-corrected chi connectivity index (χ0v) is 12.2. The summed E-state index contributed by atoms with van der Waals surface area (Å²) in [7, 11) is 1.43. The quantitative estimate of drug-likeness (QED) is 0.747. The molecule has 1 aliphatic rings. The van der Waals surface area contributed by atoms with E-state index in [1.807, 2.05) is 24.3 Å². The number of likely N-dealkylation sites (tertiary alicyclic amines) is 1. The summed E-state index contributed by atoms with van der Waals surface area (Å²) in [5, 5.41) is 8.62. The molecule has 0 N–H and O–H groups in total. The Morgan fingerprint density at radius 3 is 2.86 bits per heavy atom. The number of carbonyl (C=O) groups is 1. The first-order valence-corrected chi connectivity index (χ1v) is 7.15. The fourth-order valence-corrected chi connectivity index (χ4v) is 2.57. The van der Waals surface area contributed by atoms with Crippen LogP contribution >= 0.6 is 0 Å². The molecule has 5 nitrogen and oxygen atoms in total. The topological polar surface area (TPSA) is 62.6 Å². The molecule has 1 aromatic carbocycles. The Morgan fingerprint density at radius 1 is 1.43 bits per heavy atom. The van der Waals surface area contributed by atoms with Crippen LogP contribution in [0.4, 0.5) is 0 Å². The van der Waals surface area contributed by atoms with Crippen LogP contribution < -0.4 is 4.74 Å². The Kier molecular flexibility index (Phi) is 5.59. The third kappa shape index (κ3) is 4.20. The lowest BCUT2D eigenvalue weighted by Gasteiger charge is -2.22. The van der Waals surface area contributed by atoms with Gasteiger partial charge in [-0.3, -0.25) is 9.69 Å². The van der Waals surface area contributed by atoms with Crippen LogP contribution in [0.5, 0.6) is 5.75 Å². The fourth-order valence-electron chi connectivity index (χ4n) is 2.57. The highest BCUT2D eigenvalue weighted by Gasteiger charge is 2.30. The molecule has 0 spiro atoms. The Labute approximate surface area is 125 Å². The van der Waals surface area contributed by atoms with E-state index in [0.717, 1.165) is 30.7 Å². The molecule has 1 aromatic rings. The lowest BCUT2D eigenvalue weighted by molar-refractivity contribution is -0.145. The number of esters is 1. The number of nitriles is 1. The maximum atomic E-state index is 11.6. The Morgan fingerprint density at radius 2 is 2.19 bits per heavy atom. The van der Waals surface area contributed by atoms with Gasteiger partial charge in [-0.2, -0.15) is 5.26 Å². The summed E-state index contributed by atoms with van der Waals surface area (Å²) >= 11 is 0. The van der Waals surface area contributed by atoms with Gasteiger partial charge in [0.05, 0.1) is 19.6 Å². The maximum Gasteiger partial charge on any atom is 0.323 e. The molecule has 2 rings (SSSR count). The van der Waals surface area contributed by atoms with E-state index in [1.165, 1.54) is 7.11 Å². The Hall–Kier alpha value is -2.06. The van der Waals surface area contributed by atoms with Crippen LogP contribution in [0.25, 0.3) is 0 Å². The van der Waals surface area contributed by atoms with Crippen LogP contribution in [-0.2, 0) is 16.0 Å². The minimum absolute atomic E-state index is 0.128. The molecule has 1 heterocycles. The molecular weight excluding hydrogens is 268 g/mol. The second kappa shape index (κ2) is 7.65. The largest absolute Gasteiger partial charge is 0.492 e. The molecule has 1 saturated heterocycles. The summed E-state index contributed by atoms with van der Waals surface area (Å²) in [5.74, 6) is 0.624. The number of hydrogen-bond acceptors (Lipinski definition) is 5. The summed E-state index contributed by atoms with van der Waals surface area (Å²) in [6.07, 6.45) is 2.28. The van der Waals surface area contributed by atoms with Crippen LogP contribution in [-0.4, -0.2) is 43.7 Å². The van der Waals surface area contributed by atoms with Crippen molar-refractivity contribution in [1.29, 1.82) is 5.26 Å². The zero-order valence-electron chi connectivity index (χ0n) is 12.2. The van der Waals surface area contributed by atoms with Crippen molar-refractivity contribution < 1.29 is 14.3 Å². The fraction of sp³-hybridized carbons (Fsp3) is 0.500. The van der Waals surface area contributed by atoms with Crippen molar-refractivity contribution in [2.45, 2.75) is 25.3 Å². The van der Waals surface area contributed by atoms with E-state index in [-0.39, 0.29) is 12.0 Å². The molecule has 1 fully saturated rings. The SMILES string of the molecule is COC(=O)[C@H]1CCCN1CCOc1ccc(CC#N)cc1. The second-order valence-corrected chi connectivity index (χ2v) is 5.04. The van der Waals surface area contributed by atoms with E-state index in [1.54, 1.807) is 0 Å². The molecule has 0 unspecified atom stereocenters. The average Bonchev–Trinajstić information content (AvgIpc) is 2.97. The molecular formula is C16H20N2O3. The van der Waals surface area contributed by atoms with E-state index in [4.69, 9.17) is 14.7 Å². The van der Waals surface area contributed by atoms with Gasteiger partial charge in [0.15, 0.2) is 0 Å². The van der Waals surface area contributed by atoms with Crippen LogP contribution in [0.1, 0.15) is 18.4 Å². The third-order valence-corrected chi connectivity index (χ3v) is 3.69. The van der Waals surface area contributed by atoms with Gasteiger partial charge in [0.1, 0.15) is 18.4 Å². The van der Waals surface area contributed by atoms with Crippen molar-refractivity contribution in [3.05, 3.63) is 29.8 Å². The first kappa shape index (κ1) is 15.3. The van der Waals surface area contributed by atoms with E-state index < -0.39 is 0 Å². The van der Waals surface area contributed by atoms with Crippen LogP contribution in [0.15, 0.2) is 24.3 Å². The van der Waals surface area contributed by atoms with Crippen molar-refractivity contribution in [3.8, 4) is 11.8 Å². The van der Waals surface area contributed by atoms with Crippen LogP contribution in [0.3, 0.4) is 0 Å². The lowest BCUT2D eigenvalue weighted by atomic mass is 10.2. The van der Waals surface area contributed by atoms with Gasteiger partial charge in [-0.05, 0) is 37.1 Å². The monoisotopic (exact) mass is 288 g/mol. The van der Waals surface area contributed by atoms with Gasteiger partial charge in [0, 0.05) is 6.54 Å². The zero-order chi connectivity index (χ0) is 15.1. The third-order valence-electron chi connectivity index (χ3n) is 3.69. The lowest BCUT2D eigenvalue weighted by Crippen LogP contribution is -2.39. The number of hydrogen-bond donors (Lipinski definition) is 0. The predicted molar refractivity (Wildman–Crippen MR) is 77.9 cm³/mol. The summed E-state index contributed by atoms with van der Waals surface area (Å²) in [4.78, 5) is 13.7. The molecule has 0 aromatic heterocycles.